The third-order valence-corrected chi connectivity index (χ3v) is 6.52. The number of primary amides is 1. The smallest absolute Gasteiger partial charge is 0.265 e. The maximum absolute atomic E-state index is 12.8. The molecular formula is C14H14N2O3S2. The first-order valence-electron chi connectivity index (χ1n) is 6.42. The second-order valence-electron chi connectivity index (χ2n) is 4.99. The van der Waals surface area contributed by atoms with E-state index in [0.717, 1.165) is 16.9 Å². The van der Waals surface area contributed by atoms with Gasteiger partial charge in [0.25, 0.3) is 15.9 Å². The molecule has 110 valence electrons. The molecule has 0 saturated heterocycles. The first-order valence-corrected chi connectivity index (χ1v) is 8.74. The van der Waals surface area contributed by atoms with Crippen molar-refractivity contribution in [2.75, 3.05) is 4.31 Å². The number of nitrogens with two attached hydrogens (primary N) is 1. The van der Waals surface area contributed by atoms with Crippen LogP contribution in [0.3, 0.4) is 0 Å². The highest BCUT2D eigenvalue weighted by Crippen LogP contribution is 2.37. The largest absolute Gasteiger partial charge is 0.365 e. The molecule has 0 spiro atoms. The molecule has 2 aromatic rings. The summed E-state index contributed by atoms with van der Waals surface area (Å²) in [6.45, 7) is 1.87. The molecule has 5 nitrogen and oxygen atoms in total. The standard InChI is InChI=1S/C14H14N2O3S2/c1-9-6-10-4-2-3-5-12(10)16(9)21(18,19)11-7-13(14(15)17)20-8-11/h2-5,7-9H,6H2,1H3,(H2,15,17)/t9-/m0/s1. The van der Waals surface area contributed by atoms with Gasteiger partial charge in [-0.3, -0.25) is 9.10 Å². The summed E-state index contributed by atoms with van der Waals surface area (Å²) in [5, 5.41) is 1.46. The molecule has 7 heteroatoms. The Morgan fingerprint density at radius 2 is 2.10 bits per heavy atom. The van der Waals surface area contributed by atoms with Gasteiger partial charge in [0, 0.05) is 11.4 Å². The molecule has 0 bridgehead atoms. The molecular weight excluding hydrogens is 308 g/mol. The summed E-state index contributed by atoms with van der Waals surface area (Å²) in [6, 6.07) is 8.65. The van der Waals surface area contributed by atoms with E-state index in [1.54, 1.807) is 6.07 Å². The van der Waals surface area contributed by atoms with Crippen molar-refractivity contribution in [2.24, 2.45) is 5.73 Å². The molecule has 1 aromatic carbocycles. The molecule has 0 radical (unpaired) electrons. The fourth-order valence-electron chi connectivity index (χ4n) is 2.60. The van der Waals surface area contributed by atoms with Crippen LogP contribution in [0.15, 0.2) is 40.6 Å². The lowest BCUT2D eigenvalue weighted by Gasteiger charge is -2.23. The first-order chi connectivity index (χ1) is 9.91. The van der Waals surface area contributed by atoms with Gasteiger partial charge in [-0.15, -0.1) is 11.3 Å². The van der Waals surface area contributed by atoms with E-state index in [1.165, 1.54) is 15.8 Å². The van der Waals surface area contributed by atoms with Gasteiger partial charge >= 0.3 is 0 Å². The van der Waals surface area contributed by atoms with Crippen molar-refractivity contribution in [2.45, 2.75) is 24.3 Å². The SMILES string of the molecule is C[C@H]1Cc2ccccc2N1S(=O)(=O)c1csc(C(N)=O)c1. The molecule has 3 rings (SSSR count). The fraction of sp³-hybridized carbons (Fsp3) is 0.214. The van der Waals surface area contributed by atoms with Crippen molar-refractivity contribution in [1.82, 2.24) is 0 Å². The lowest BCUT2D eigenvalue weighted by Crippen LogP contribution is -2.35. The molecule has 0 saturated carbocycles. The topological polar surface area (TPSA) is 80.5 Å². The molecule has 1 amide bonds. The summed E-state index contributed by atoms with van der Waals surface area (Å²) in [7, 11) is -3.68. The fourth-order valence-corrected chi connectivity index (χ4v) is 5.41. The van der Waals surface area contributed by atoms with Gasteiger partial charge in [-0.05, 0) is 31.0 Å². The maximum atomic E-state index is 12.8. The van der Waals surface area contributed by atoms with Crippen LogP contribution in [-0.4, -0.2) is 20.4 Å². The van der Waals surface area contributed by atoms with Crippen LogP contribution in [-0.2, 0) is 16.4 Å². The van der Waals surface area contributed by atoms with Gasteiger partial charge in [0.15, 0.2) is 0 Å². The Balaban J connectivity index is 2.08. The zero-order chi connectivity index (χ0) is 15.2. The van der Waals surface area contributed by atoms with E-state index in [2.05, 4.69) is 0 Å². The van der Waals surface area contributed by atoms with Gasteiger partial charge in [0.2, 0.25) is 0 Å². The van der Waals surface area contributed by atoms with Crippen molar-refractivity contribution >= 4 is 33.0 Å². The number of hydrogen-bond acceptors (Lipinski definition) is 4. The van der Waals surface area contributed by atoms with Gasteiger partial charge < -0.3 is 5.73 Å². The van der Waals surface area contributed by atoms with E-state index in [4.69, 9.17) is 5.73 Å². The number of para-hydroxylation sites is 1. The molecule has 1 aliphatic heterocycles. The summed E-state index contributed by atoms with van der Waals surface area (Å²) in [6.07, 6.45) is 0.683. The van der Waals surface area contributed by atoms with Gasteiger partial charge in [-0.25, -0.2) is 8.42 Å². The molecule has 1 aliphatic rings. The molecule has 2 heterocycles. The normalized spacial score (nSPS) is 17.8. The summed E-state index contributed by atoms with van der Waals surface area (Å²) in [4.78, 5) is 11.5. The van der Waals surface area contributed by atoms with Crippen molar-refractivity contribution in [3.05, 3.63) is 46.2 Å². The minimum atomic E-state index is -3.68. The van der Waals surface area contributed by atoms with Crippen molar-refractivity contribution in [1.29, 1.82) is 0 Å². The summed E-state index contributed by atoms with van der Waals surface area (Å²) >= 11 is 1.05. The maximum Gasteiger partial charge on any atom is 0.265 e. The number of sulfonamides is 1. The number of amides is 1. The van der Waals surface area contributed by atoms with E-state index in [0.29, 0.717) is 12.1 Å². The molecule has 2 N–H and O–H groups in total. The molecule has 21 heavy (non-hydrogen) atoms. The van der Waals surface area contributed by atoms with Crippen LogP contribution < -0.4 is 10.0 Å². The Morgan fingerprint density at radius 1 is 1.38 bits per heavy atom. The Morgan fingerprint density at radius 3 is 2.76 bits per heavy atom. The summed E-state index contributed by atoms with van der Waals surface area (Å²) in [5.74, 6) is -0.615. The van der Waals surface area contributed by atoms with E-state index < -0.39 is 15.9 Å². The predicted molar refractivity (Wildman–Crippen MR) is 82.1 cm³/mol. The van der Waals surface area contributed by atoms with Gasteiger partial charge in [0.05, 0.1) is 15.5 Å². The number of anilines is 1. The van der Waals surface area contributed by atoms with Gasteiger partial charge in [-0.1, -0.05) is 18.2 Å². The number of rotatable bonds is 3. The summed E-state index contributed by atoms with van der Waals surface area (Å²) < 4.78 is 27.1. The zero-order valence-corrected chi connectivity index (χ0v) is 12.9. The number of nitrogens with zero attached hydrogens (tertiary/aromatic N) is 1. The quantitative estimate of drug-likeness (QED) is 0.938. The second kappa shape index (κ2) is 4.85. The van der Waals surface area contributed by atoms with Crippen LogP contribution in [0, 0.1) is 0 Å². The Kier molecular flexibility index (Phi) is 3.26. The van der Waals surface area contributed by atoms with Crippen LogP contribution in [0.4, 0.5) is 5.69 Å². The number of carbonyl (C=O) groups excluding carboxylic acids is 1. The van der Waals surface area contributed by atoms with E-state index in [9.17, 15) is 13.2 Å². The van der Waals surface area contributed by atoms with Crippen LogP contribution in [0.25, 0.3) is 0 Å². The number of carbonyl (C=O) groups is 1. The summed E-state index contributed by atoms with van der Waals surface area (Å²) in [5.41, 5.74) is 6.91. The number of benzene rings is 1. The minimum Gasteiger partial charge on any atom is -0.365 e. The Labute approximate surface area is 127 Å². The monoisotopic (exact) mass is 322 g/mol. The van der Waals surface area contributed by atoms with Crippen LogP contribution >= 0.6 is 11.3 Å². The highest BCUT2D eigenvalue weighted by atomic mass is 32.2. The van der Waals surface area contributed by atoms with Crippen molar-refractivity contribution in [3.63, 3.8) is 0 Å². The van der Waals surface area contributed by atoms with Crippen molar-refractivity contribution in [3.8, 4) is 0 Å². The number of thiophene rings is 1. The third kappa shape index (κ3) is 2.22. The van der Waals surface area contributed by atoms with Crippen molar-refractivity contribution < 1.29 is 13.2 Å². The van der Waals surface area contributed by atoms with Gasteiger partial charge in [-0.2, -0.15) is 0 Å². The molecule has 1 aromatic heterocycles. The predicted octanol–water partition coefficient (Wildman–Crippen LogP) is 1.99. The third-order valence-electron chi connectivity index (χ3n) is 3.52. The zero-order valence-electron chi connectivity index (χ0n) is 11.3. The lowest BCUT2D eigenvalue weighted by molar-refractivity contribution is 0.100. The second-order valence-corrected chi connectivity index (χ2v) is 7.72. The Hall–Kier alpha value is -1.86. The molecule has 0 fully saturated rings. The lowest BCUT2D eigenvalue weighted by atomic mass is 10.1. The average Bonchev–Trinajstić information content (AvgIpc) is 3.02. The molecule has 0 aliphatic carbocycles. The minimum absolute atomic E-state index is 0.116. The highest BCUT2D eigenvalue weighted by molar-refractivity contribution is 7.93. The van der Waals surface area contributed by atoms with E-state index in [1.807, 2.05) is 25.1 Å². The number of fused-ring (bicyclic) bond motifs is 1. The van der Waals surface area contributed by atoms with Crippen LogP contribution in [0.1, 0.15) is 22.2 Å². The van der Waals surface area contributed by atoms with Gasteiger partial charge in [0.1, 0.15) is 0 Å². The molecule has 1 atom stereocenters. The van der Waals surface area contributed by atoms with Crippen LogP contribution in [0.2, 0.25) is 0 Å². The van der Waals surface area contributed by atoms with Crippen LogP contribution in [0.5, 0.6) is 0 Å². The highest BCUT2D eigenvalue weighted by Gasteiger charge is 2.36. The average molecular weight is 322 g/mol. The Bertz CT molecular complexity index is 811. The molecule has 0 unspecified atom stereocenters. The van der Waals surface area contributed by atoms with E-state index >= 15 is 0 Å². The number of hydrogen-bond donors (Lipinski definition) is 1. The first kappa shape index (κ1) is 14.1. The van der Waals surface area contributed by atoms with E-state index in [-0.39, 0.29) is 15.8 Å².